The van der Waals surface area contributed by atoms with Gasteiger partial charge < -0.3 is 14.7 Å². The van der Waals surface area contributed by atoms with Gasteiger partial charge in [0.15, 0.2) is 0 Å². The number of ether oxygens (including phenoxy) is 1. The van der Waals surface area contributed by atoms with Gasteiger partial charge in [0.25, 0.3) is 0 Å². The van der Waals surface area contributed by atoms with Gasteiger partial charge in [-0.15, -0.1) is 0 Å². The fraction of sp³-hybridized carbons (Fsp3) is 0.533. The maximum absolute atomic E-state index is 12.8. The topological polar surface area (TPSA) is 49.8 Å². The quantitative estimate of drug-likeness (QED) is 0.854. The second kappa shape index (κ2) is 6.81. The van der Waals surface area contributed by atoms with Crippen LogP contribution in [0.25, 0.3) is 0 Å². The summed E-state index contributed by atoms with van der Waals surface area (Å²) >= 11 is 0. The lowest BCUT2D eigenvalue weighted by atomic mass is 9.96. The van der Waals surface area contributed by atoms with Crippen molar-refractivity contribution in [2.45, 2.75) is 18.9 Å². The Morgan fingerprint density at radius 2 is 2.00 bits per heavy atom. The first-order valence-corrected chi connectivity index (χ1v) is 6.84. The summed E-state index contributed by atoms with van der Waals surface area (Å²) in [5.41, 5.74) is 0.710. The molecule has 1 unspecified atom stereocenters. The molecule has 1 saturated heterocycles. The molecule has 1 aliphatic heterocycles. The number of esters is 1. The summed E-state index contributed by atoms with van der Waals surface area (Å²) in [4.78, 5) is 13.5. The van der Waals surface area contributed by atoms with E-state index in [9.17, 15) is 14.3 Å². The summed E-state index contributed by atoms with van der Waals surface area (Å²) in [6, 6.07) is 5.90. The molecule has 0 aromatic heterocycles. The minimum Gasteiger partial charge on any atom is -0.469 e. The van der Waals surface area contributed by atoms with Crippen molar-refractivity contribution in [1.82, 2.24) is 4.90 Å². The summed E-state index contributed by atoms with van der Waals surface area (Å²) in [5, 5.41) is 10.1. The molecule has 1 N–H and O–H groups in total. The maximum Gasteiger partial charge on any atom is 0.308 e. The van der Waals surface area contributed by atoms with Gasteiger partial charge in [-0.3, -0.25) is 4.79 Å². The Labute approximate surface area is 118 Å². The molecule has 1 aliphatic rings. The minimum atomic E-state index is -0.634. The Morgan fingerprint density at radius 1 is 1.40 bits per heavy atom. The van der Waals surface area contributed by atoms with E-state index in [-0.39, 0.29) is 17.7 Å². The first-order valence-electron chi connectivity index (χ1n) is 6.84. The molecule has 1 fully saturated rings. The molecule has 0 radical (unpaired) electrons. The molecule has 0 saturated carbocycles. The number of benzene rings is 1. The number of nitrogens with zero attached hydrogens (tertiary/aromatic N) is 1. The van der Waals surface area contributed by atoms with E-state index in [2.05, 4.69) is 4.90 Å². The van der Waals surface area contributed by atoms with E-state index in [0.717, 1.165) is 25.9 Å². The minimum absolute atomic E-state index is 0.0285. The molecule has 0 spiro atoms. The number of methoxy groups -OCH3 is 1. The molecule has 1 aromatic rings. The molecule has 1 atom stereocenters. The lowest BCUT2D eigenvalue weighted by Crippen LogP contribution is -2.38. The van der Waals surface area contributed by atoms with Gasteiger partial charge in [0.1, 0.15) is 5.82 Å². The Hall–Kier alpha value is -1.46. The van der Waals surface area contributed by atoms with Gasteiger partial charge >= 0.3 is 5.97 Å². The first kappa shape index (κ1) is 14.9. The predicted molar refractivity (Wildman–Crippen MR) is 72.5 cm³/mol. The van der Waals surface area contributed by atoms with Crippen LogP contribution in [0.4, 0.5) is 4.39 Å². The van der Waals surface area contributed by atoms with Gasteiger partial charge in [-0.2, -0.15) is 0 Å². The number of aliphatic hydroxyl groups excluding tert-OH is 1. The SMILES string of the molecule is COC(=O)C1CCN(CC(O)c2ccc(F)cc2)CC1. The van der Waals surface area contributed by atoms with E-state index >= 15 is 0 Å². The van der Waals surface area contributed by atoms with E-state index in [1.807, 2.05) is 0 Å². The number of hydrogen-bond acceptors (Lipinski definition) is 4. The molecule has 0 bridgehead atoms. The van der Waals surface area contributed by atoms with Crippen molar-refractivity contribution >= 4 is 5.97 Å². The first-order chi connectivity index (χ1) is 9.60. The fourth-order valence-corrected chi connectivity index (χ4v) is 2.55. The van der Waals surface area contributed by atoms with Gasteiger partial charge in [-0.1, -0.05) is 12.1 Å². The number of β-amino-alcohol motifs (C(OH)–C–C–N with tert-alkyl or cyclic N) is 1. The van der Waals surface area contributed by atoms with Gasteiger partial charge in [-0.05, 0) is 43.6 Å². The zero-order valence-electron chi connectivity index (χ0n) is 11.6. The van der Waals surface area contributed by atoms with Crippen LogP contribution >= 0.6 is 0 Å². The van der Waals surface area contributed by atoms with Crippen LogP contribution in [0.5, 0.6) is 0 Å². The van der Waals surface area contributed by atoms with Gasteiger partial charge in [0, 0.05) is 6.54 Å². The van der Waals surface area contributed by atoms with E-state index in [0.29, 0.717) is 12.1 Å². The van der Waals surface area contributed by atoms with Crippen LogP contribution in [-0.4, -0.2) is 42.7 Å². The van der Waals surface area contributed by atoms with Crippen LogP contribution in [0.2, 0.25) is 0 Å². The summed E-state index contributed by atoms with van der Waals surface area (Å²) < 4.78 is 17.6. The number of likely N-dealkylation sites (tertiary alicyclic amines) is 1. The van der Waals surface area contributed by atoms with Crippen LogP contribution in [-0.2, 0) is 9.53 Å². The summed E-state index contributed by atoms with van der Waals surface area (Å²) in [5.74, 6) is -0.484. The Morgan fingerprint density at radius 3 is 2.55 bits per heavy atom. The second-order valence-corrected chi connectivity index (χ2v) is 5.17. The van der Waals surface area contributed by atoms with Gasteiger partial charge in [0.2, 0.25) is 0 Å². The molecule has 5 heteroatoms. The van der Waals surface area contributed by atoms with E-state index < -0.39 is 6.10 Å². The van der Waals surface area contributed by atoms with Crippen LogP contribution in [0.1, 0.15) is 24.5 Å². The van der Waals surface area contributed by atoms with Crippen molar-refractivity contribution in [3.8, 4) is 0 Å². The molecule has 2 rings (SSSR count). The third-order valence-electron chi connectivity index (χ3n) is 3.81. The number of aliphatic hydroxyl groups is 1. The number of halogens is 1. The molecule has 4 nitrogen and oxygen atoms in total. The maximum atomic E-state index is 12.8. The third-order valence-corrected chi connectivity index (χ3v) is 3.81. The summed E-state index contributed by atoms with van der Waals surface area (Å²) in [6.45, 7) is 2.02. The molecular weight excluding hydrogens is 261 g/mol. The average molecular weight is 281 g/mol. The zero-order valence-corrected chi connectivity index (χ0v) is 11.6. The summed E-state index contributed by atoms with van der Waals surface area (Å²) in [7, 11) is 1.41. The monoisotopic (exact) mass is 281 g/mol. The number of rotatable bonds is 4. The fourth-order valence-electron chi connectivity index (χ4n) is 2.55. The highest BCUT2D eigenvalue weighted by molar-refractivity contribution is 5.72. The highest BCUT2D eigenvalue weighted by atomic mass is 19.1. The lowest BCUT2D eigenvalue weighted by Gasteiger charge is -2.32. The largest absolute Gasteiger partial charge is 0.469 e. The van der Waals surface area contributed by atoms with Crippen molar-refractivity contribution in [1.29, 1.82) is 0 Å². The third kappa shape index (κ3) is 3.77. The second-order valence-electron chi connectivity index (χ2n) is 5.17. The number of piperidine rings is 1. The van der Waals surface area contributed by atoms with Crippen LogP contribution in [0.3, 0.4) is 0 Å². The van der Waals surface area contributed by atoms with Crippen molar-refractivity contribution in [2.24, 2.45) is 5.92 Å². The van der Waals surface area contributed by atoms with Crippen LogP contribution in [0, 0.1) is 11.7 Å². The highest BCUT2D eigenvalue weighted by Crippen LogP contribution is 2.21. The highest BCUT2D eigenvalue weighted by Gasteiger charge is 2.26. The zero-order chi connectivity index (χ0) is 14.5. The number of carbonyl (C=O) groups is 1. The van der Waals surface area contributed by atoms with E-state index in [1.165, 1.54) is 19.2 Å². The average Bonchev–Trinajstić information content (AvgIpc) is 2.48. The molecule has 1 heterocycles. The molecule has 0 aliphatic carbocycles. The molecular formula is C15H20FNO3. The normalized spacial score (nSPS) is 18.8. The van der Waals surface area contributed by atoms with Crippen molar-refractivity contribution in [2.75, 3.05) is 26.7 Å². The van der Waals surface area contributed by atoms with Crippen molar-refractivity contribution < 1.29 is 19.0 Å². The Bertz CT molecular complexity index is 441. The molecule has 0 amide bonds. The molecule has 110 valence electrons. The van der Waals surface area contributed by atoms with E-state index in [4.69, 9.17) is 4.74 Å². The standard InChI is InChI=1S/C15H20FNO3/c1-20-15(19)12-6-8-17(9-7-12)10-14(18)11-2-4-13(16)5-3-11/h2-5,12,14,18H,6-10H2,1H3. The Balaban J connectivity index is 1.83. The van der Waals surface area contributed by atoms with Crippen molar-refractivity contribution in [3.05, 3.63) is 35.6 Å². The van der Waals surface area contributed by atoms with Crippen LogP contribution < -0.4 is 0 Å². The molecule has 1 aromatic carbocycles. The summed E-state index contributed by atoms with van der Waals surface area (Å²) in [6.07, 6.45) is 0.872. The number of hydrogen-bond donors (Lipinski definition) is 1. The van der Waals surface area contributed by atoms with Gasteiger partial charge in [0.05, 0.1) is 19.1 Å². The van der Waals surface area contributed by atoms with Crippen LogP contribution in [0.15, 0.2) is 24.3 Å². The molecule has 20 heavy (non-hydrogen) atoms. The Kier molecular flexibility index (Phi) is 5.09. The smallest absolute Gasteiger partial charge is 0.308 e. The lowest BCUT2D eigenvalue weighted by molar-refractivity contribution is -0.147. The predicted octanol–water partition coefficient (Wildman–Crippen LogP) is 1.74. The van der Waals surface area contributed by atoms with Gasteiger partial charge in [-0.25, -0.2) is 4.39 Å². The van der Waals surface area contributed by atoms with Crippen molar-refractivity contribution in [3.63, 3.8) is 0 Å². The van der Waals surface area contributed by atoms with E-state index in [1.54, 1.807) is 12.1 Å². The number of carbonyl (C=O) groups excluding carboxylic acids is 1.